The smallest absolute Gasteiger partial charge is 0.216 e. The Bertz CT molecular complexity index is 179. The summed E-state index contributed by atoms with van der Waals surface area (Å²) >= 11 is 0. The summed E-state index contributed by atoms with van der Waals surface area (Å²) in [6, 6.07) is 0. The topological polar surface area (TPSA) is 61.4 Å². The highest BCUT2D eigenvalue weighted by Gasteiger charge is 2.02. The van der Waals surface area contributed by atoms with Crippen molar-refractivity contribution in [1.82, 2.24) is 15.8 Å². The molecule has 2 N–H and O–H groups in total. The first-order chi connectivity index (χ1) is 6.52. The van der Waals surface area contributed by atoms with Gasteiger partial charge in [0.2, 0.25) is 11.8 Å². The standard InChI is InChI=1S/C8H16FN3O2/c1-7(13)10-3-5-12(9)6-4-11-8(2)14/h3-6H2,1-2H3,(H,10,13)(H,11,14). The summed E-state index contributed by atoms with van der Waals surface area (Å²) in [5, 5.41) is 5.48. The van der Waals surface area contributed by atoms with E-state index in [1.54, 1.807) is 0 Å². The van der Waals surface area contributed by atoms with Crippen LogP contribution in [0.25, 0.3) is 0 Å². The molecule has 0 aliphatic heterocycles. The molecule has 0 aromatic carbocycles. The second kappa shape index (κ2) is 7.25. The van der Waals surface area contributed by atoms with Crippen LogP contribution < -0.4 is 10.6 Å². The maximum Gasteiger partial charge on any atom is 0.216 e. The number of carbonyl (C=O) groups excluding carboxylic acids is 2. The van der Waals surface area contributed by atoms with E-state index in [1.807, 2.05) is 0 Å². The zero-order valence-corrected chi connectivity index (χ0v) is 8.47. The van der Waals surface area contributed by atoms with Gasteiger partial charge in [-0.2, -0.15) is 0 Å². The van der Waals surface area contributed by atoms with Crippen LogP contribution in [0.3, 0.4) is 0 Å². The van der Waals surface area contributed by atoms with Crippen molar-refractivity contribution in [2.45, 2.75) is 13.8 Å². The van der Waals surface area contributed by atoms with E-state index >= 15 is 0 Å². The molecule has 0 unspecified atom stereocenters. The predicted octanol–water partition coefficient (Wildman–Crippen LogP) is -0.555. The molecule has 0 aromatic heterocycles. The van der Waals surface area contributed by atoms with Gasteiger partial charge in [-0.3, -0.25) is 9.59 Å². The van der Waals surface area contributed by atoms with E-state index in [0.717, 1.165) is 0 Å². The van der Waals surface area contributed by atoms with Gasteiger partial charge in [0.15, 0.2) is 0 Å². The summed E-state index contributed by atoms with van der Waals surface area (Å²) in [6.45, 7) is 3.54. The maximum absolute atomic E-state index is 12.8. The Labute approximate surface area is 82.6 Å². The summed E-state index contributed by atoms with van der Waals surface area (Å²) in [6.07, 6.45) is 0. The molecular formula is C8H16FN3O2. The Balaban J connectivity index is 3.32. The average molecular weight is 205 g/mol. The Kier molecular flexibility index (Phi) is 6.65. The first-order valence-corrected chi connectivity index (χ1v) is 4.42. The monoisotopic (exact) mass is 205 g/mol. The average Bonchev–Trinajstić information content (AvgIpc) is 2.02. The minimum Gasteiger partial charge on any atom is -0.355 e. The van der Waals surface area contributed by atoms with E-state index in [4.69, 9.17) is 0 Å². The van der Waals surface area contributed by atoms with Crippen molar-refractivity contribution in [3.8, 4) is 0 Å². The molecule has 0 heterocycles. The van der Waals surface area contributed by atoms with Gasteiger partial charge in [0.05, 0.1) is 0 Å². The minimum absolute atomic E-state index is 0.124. The van der Waals surface area contributed by atoms with E-state index in [9.17, 15) is 14.1 Å². The van der Waals surface area contributed by atoms with Crippen molar-refractivity contribution in [3.05, 3.63) is 0 Å². The van der Waals surface area contributed by atoms with Gasteiger partial charge < -0.3 is 10.6 Å². The zero-order chi connectivity index (χ0) is 11.0. The van der Waals surface area contributed by atoms with Gasteiger partial charge in [-0.05, 0) is 0 Å². The van der Waals surface area contributed by atoms with Crippen LogP contribution in [-0.4, -0.2) is 43.1 Å². The molecule has 0 saturated carbocycles. The van der Waals surface area contributed by atoms with Crippen LogP contribution >= 0.6 is 0 Å². The summed E-state index contributed by atoms with van der Waals surface area (Å²) in [4.78, 5) is 20.8. The van der Waals surface area contributed by atoms with Crippen LogP contribution in [0.1, 0.15) is 13.8 Å². The van der Waals surface area contributed by atoms with Gasteiger partial charge in [-0.15, -0.1) is 9.60 Å². The summed E-state index contributed by atoms with van der Waals surface area (Å²) in [5.74, 6) is -0.361. The van der Waals surface area contributed by atoms with Crippen LogP contribution in [0.2, 0.25) is 0 Å². The SMILES string of the molecule is CC(=O)NCCN(F)CCNC(C)=O. The first-order valence-electron chi connectivity index (χ1n) is 4.42. The van der Waals surface area contributed by atoms with Crippen LogP contribution in [0, 0.1) is 0 Å². The Morgan fingerprint density at radius 2 is 1.43 bits per heavy atom. The predicted molar refractivity (Wildman–Crippen MR) is 50.0 cm³/mol. The highest BCUT2D eigenvalue weighted by Crippen LogP contribution is 1.85. The molecular weight excluding hydrogens is 189 g/mol. The van der Waals surface area contributed by atoms with E-state index in [1.165, 1.54) is 13.8 Å². The summed E-state index contributed by atoms with van der Waals surface area (Å²) in [7, 11) is 0. The Hall–Kier alpha value is -1.17. The number of carbonyl (C=O) groups is 2. The number of nitrogens with zero attached hydrogens (tertiary/aromatic N) is 1. The van der Waals surface area contributed by atoms with Gasteiger partial charge in [0.25, 0.3) is 0 Å². The second-order valence-corrected chi connectivity index (χ2v) is 2.88. The molecule has 0 fully saturated rings. The van der Waals surface area contributed by atoms with E-state index < -0.39 is 0 Å². The van der Waals surface area contributed by atoms with Crippen molar-refractivity contribution in [2.24, 2.45) is 0 Å². The molecule has 82 valence electrons. The third kappa shape index (κ3) is 8.92. The Morgan fingerprint density at radius 3 is 1.71 bits per heavy atom. The van der Waals surface area contributed by atoms with Crippen molar-refractivity contribution in [2.75, 3.05) is 26.2 Å². The van der Waals surface area contributed by atoms with Gasteiger partial charge >= 0.3 is 0 Å². The van der Waals surface area contributed by atoms with E-state index in [-0.39, 0.29) is 38.0 Å². The Morgan fingerprint density at radius 1 is 1.07 bits per heavy atom. The van der Waals surface area contributed by atoms with Crippen LogP contribution in [0.4, 0.5) is 4.48 Å². The van der Waals surface area contributed by atoms with E-state index in [0.29, 0.717) is 5.12 Å². The van der Waals surface area contributed by atoms with Crippen molar-refractivity contribution in [3.63, 3.8) is 0 Å². The highest BCUT2D eigenvalue weighted by atomic mass is 19.2. The molecule has 0 spiro atoms. The number of halogens is 1. The maximum atomic E-state index is 12.8. The number of rotatable bonds is 6. The van der Waals surface area contributed by atoms with Gasteiger partial charge in [-0.25, -0.2) is 0 Å². The van der Waals surface area contributed by atoms with E-state index in [2.05, 4.69) is 10.6 Å². The molecule has 0 atom stereocenters. The fraction of sp³-hybridized carbons (Fsp3) is 0.750. The minimum atomic E-state index is -0.180. The first kappa shape index (κ1) is 12.8. The summed E-state index contributed by atoms with van der Waals surface area (Å²) < 4.78 is 12.8. The molecule has 2 amide bonds. The molecule has 5 nitrogen and oxygen atoms in total. The molecule has 0 rings (SSSR count). The zero-order valence-electron chi connectivity index (χ0n) is 8.47. The molecule has 0 saturated heterocycles. The van der Waals surface area contributed by atoms with Crippen LogP contribution in [0.5, 0.6) is 0 Å². The quantitative estimate of drug-likeness (QED) is 0.572. The molecule has 0 aromatic rings. The molecule has 0 aliphatic rings. The van der Waals surface area contributed by atoms with Gasteiger partial charge in [0.1, 0.15) is 0 Å². The largest absolute Gasteiger partial charge is 0.355 e. The fourth-order valence-electron chi connectivity index (χ4n) is 0.818. The highest BCUT2D eigenvalue weighted by molar-refractivity contribution is 5.73. The molecule has 6 heteroatoms. The van der Waals surface area contributed by atoms with Crippen molar-refractivity contribution in [1.29, 1.82) is 0 Å². The second-order valence-electron chi connectivity index (χ2n) is 2.88. The third-order valence-electron chi connectivity index (χ3n) is 1.46. The normalized spacial score (nSPS) is 10.0. The number of hydrogen-bond acceptors (Lipinski definition) is 3. The summed E-state index contributed by atoms with van der Waals surface area (Å²) in [5.41, 5.74) is 0. The lowest BCUT2D eigenvalue weighted by Gasteiger charge is -2.11. The van der Waals surface area contributed by atoms with Crippen LogP contribution in [-0.2, 0) is 9.59 Å². The lowest BCUT2D eigenvalue weighted by atomic mass is 10.5. The third-order valence-corrected chi connectivity index (χ3v) is 1.46. The molecule has 0 aliphatic carbocycles. The van der Waals surface area contributed by atoms with Gasteiger partial charge in [0, 0.05) is 40.0 Å². The van der Waals surface area contributed by atoms with Crippen LogP contribution in [0.15, 0.2) is 0 Å². The molecule has 14 heavy (non-hydrogen) atoms. The number of hydrogen-bond donors (Lipinski definition) is 2. The molecule has 0 bridgehead atoms. The number of amides is 2. The van der Waals surface area contributed by atoms with Crippen molar-refractivity contribution >= 4 is 11.8 Å². The van der Waals surface area contributed by atoms with Crippen molar-refractivity contribution < 1.29 is 14.1 Å². The lowest BCUT2D eigenvalue weighted by Crippen LogP contribution is -2.34. The van der Waals surface area contributed by atoms with Gasteiger partial charge in [-0.1, -0.05) is 0 Å². The number of nitrogens with one attached hydrogen (secondary N) is 2. The lowest BCUT2D eigenvalue weighted by molar-refractivity contribution is -0.119. The molecule has 0 radical (unpaired) electrons. The fourth-order valence-corrected chi connectivity index (χ4v) is 0.818.